The lowest BCUT2D eigenvalue weighted by Crippen LogP contribution is -2.31. The number of nitrogens with one attached hydrogen (secondary N) is 1. The fourth-order valence-corrected chi connectivity index (χ4v) is 1.45. The van der Waals surface area contributed by atoms with Gasteiger partial charge in [0.15, 0.2) is 5.78 Å². The van der Waals surface area contributed by atoms with Gasteiger partial charge in [-0.2, -0.15) is 5.26 Å². The maximum absolute atomic E-state index is 11.9. The smallest absolute Gasteiger partial charge is 0.176 e. The van der Waals surface area contributed by atoms with Crippen LogP contribution < -0.4 is 5.32 Å². The molecule has 1 aromatic carbocycles. The molecule has 17 heavy (non-hydrogen) atoms. The SMILES string of the molecule is CNCCN(C)CC(=O)c1ccc(C#N)cc1. The molecule has 0 aliphatic rings. The van der Waals surface area contributed by atoms with Crippen molar-refractivity contribution in [3.63, 3.8) is 0 Å². The molecule has 0 aromatic heterocycles. The Kier molecular flexibility index (Phi) is 5.34. The zero-order valence-electron chi connectivity index (χ0n) is 10.2. The third kappa shape index (κ3) is 4.35. The highest BCUT2D eigenvalue weighted by Crippen LogP contribution is 2.04. The number of nitrogens with zero attached hydrogens (tertiary/aromatic N) is 2. The van der Waals surface area contributed by atoms with Crippen LogP contribution in [0.3, 0.4) is 0 Å². The summed E-state index contributed by atoms with van der Waals surface area (Å²) in [7, 11) is 3.80. The molecule has 0 atom stereocenters. The number of hydrogen-bond acceptors (Lipinski definition) is 4. The maximum Gasteiger partial charge on any atom is 0.176 e. The van der Waals surface area contributed by atoms with Crippen LogP contribution in [0.15, 0.2) is 24.3 Å². The average molecular weight is 231 g/mol. The van der Waals surface area contributed by atoms with E-state index in [1.807, 2.05) is 25.1 Å². The molecule has 0 heterocycles. The summed E-state index contributed by atoms with van der Waals surface area (Å²) in [6, 6.07) is 8.77. The molecule has 0 unspecified atom stereocenters. The van der Waals surface area contributed by atoms with E-state index in [9.17, 15) is 4.79 Å². The summed E-state index contributed by atoms with van der Waals surface area (Å²) in [6.07, 6.45) is 0. The van der Waals surface area contributed by atoms with Crippen LogP contribution in [0.25, 0.3) is 0 Å². The van der Waals surface area contributed by atoms with E-state index in [-0.39, 0.29) is 5.78 Å². The molecule has 0 spiro atoms. The van der Waals surface area contributed by atoms with Crippen LogP contribution in [-0.4, -0.2) is 44.4 Å². The molecular weight excluding hydrogens is 214 g/mol. The van der Waals surface area contributed by atoms with Crippen molar-refractivity contribution in [1.29, 1.82) is 5.26 Å². The van der Waals surface area contributed by atoms with E-state index >= 15 is 0 Å². The predicted octanol–water partition coefficient (Wildman–Crippen LogP) is 0.892. The van der Waals surface area contributed by atoms with Gasteiger partial charge in [0.05, 0.1) is 18.2 Å². The second-order valence-corrected chi connectivity index (χ2v) is 3.95. The zero-order valence-corrected chi connectivity index (χ0v) is 10.2. The van der Waals surface area contributed by atoms with Crippen molar-refractivity contribution in [2.24, 2.45) is 0 Å². The maximum atomic E-state index is 11.9. The van der Waals surface area contributed by atoms with Crippen LogP contribution in [0.2, 0.25) is 0 Å². The van der Waals surface area contributed by atoms with E-state index in [4.69, 9.17) is 5.26 Å². The first-order chi connectivity index (χ1) is 8.17. The van der Waals surface area contributed by atoms with E-state index < -0.39 is 0 Å². The van der Waals surface area contributed by atoms with Gasteiger partial charge in [0.25, 0.3) is 0 Å². The summed E-state index contributed by atoms with van der Waals surface area (Å²) in [5.74, 6) is 0.0769. The highest BCUT2D eigenvalue weighted by molar-refractivity contribution is 5.97. The normalized spacial score (nSPS) is 10.2. The second kappa shape index (κ2) is 6.79. The Bertz CT molecular complexity index is 406. The van der Waals surface area contributed by atoms with E-state index in [0.29, 0.717) is 17.7 Å². The van der Waals surface area contributed by atoms with Crippen molar-refractivity contribution in [3.05, 3.63) is 35.4 Å². The second-order valence-electron chi connectivity index (χ2n) is 3.95. The van der Waals surface area contributed by atoms with E-state index in [2.05, 4.69) is 5.32 Å². The van der Waals surface area contributed by atoms with E-state index in [1.165, 1.54) is 0 Å². The third-order valence-electron chi connectivity index (χ3n) is 2.49. The first-order valence-electron chi connectivity index (χ1n) is 5.54. The minimum Gasteiger partial charge on any atom is -0.318 e. The monoisotopic (exact) mass is 231 g/mol. The number of rotatable bonds is 6. The van der Waals surface area contributed by atoms with Crippen molar-refractivity contribution in [3.8, 4) is 6.07 Å². The number of carbonyl (C=O) groups excluding carboxylic acids is 1. The zero-order chi connectivity index (χ0) is 12.7. The molecule has 0 amide bonds. The van der Waals surface area contributed by atoms with Gasteiger partial charge in [0.2, 0.25) is 0 Å². The molecule has 0 saturated carbocycles. The van der Waals surface area contributed by atoms with Crippen molar-refractivity contribution < 1.29 is 4.79 Å². The lowest BCUT2D eigenvalue weighted by molar-refractivity contribution is 0.0947. The lowest BCUT2D eigenvalue weighted by atomic mass is 10.1. The van der Waals surface area contributed by atoms with Gasteiger partial charge in [0, 0.05) is 18.7 Å². The van der Waals surface area contributed by atoms with Gasteiger partial charge in [-0.1, -0.05) is 12.1 Å². The van der Waals surface area contributed by atoms with Gasteiger partial charge in [0.1, 0.15) is 0 Å². The molecule has 0 bridgehead atoms. The van der Waals surface area contributed by atoms with Gasteiger partial charge in [-0.05, 0) is 26.2 Å². The largest absolute Gasteiger partial charge is 0.318 e. The highest BCUT2D eigenvalue weighted by Gasteiger charge is 2.08. The summed E-state index contributed by atoms with van der Waals surface area (Å²) in [6.45, 7) is 2.09. The van der Waals surface area contributed by atoms with Crippen LogP contribution in [0, 0.1) is 11.3 Å². The Morgan fingerprint density at radius 3 is 2.59 bits per heavy atom. The molecule has 0 aliphatic heterocycles. The Hall–Kier alpha value is -1.70. The highest BCUT2D eigenvalue weighted by atomic mass is 16.1. The molecule has 0 radical (unpaired) electrons. The third-order valence-corrected chi connectivity index (χ3v) is 2.49. The molecule has 0 saturated heterocycles. The van der Waals surface area contributed by atoms with Gasteiger partial charge in [-0.3, -0.25) is 9.69 Å². The minimum absolute atomic E-state index is 0.0769. The summed E-state index contributed by atoms with van der Waals surface area (Å²) in [5.41, 5.74) is 1.23. The van der Waals surface area contributed by atoms with E-state index in [1.54, 1.807) is 24.3 Å². The Morgan fingerprint density at radius 2 is 2.06 bits per heavy atom. The van der Waals surface area contributed by atoms with Crippen molar-refractivity contribution in [1.82, 2.24) is 10.2 Å². The van der Waals surface area contributed by atoms with Gasteiger partial charge < -0.3 is 5.32 Å². The summed E-state index contributed by atoms with van der Waals surface area (Å²) in [4.78, 5) is 13.8. The van der Waals surface area contributed by atoms with Crippen molar-refractivity contribution in [2.45, 2.75) is 0 Å². The fourth-order valence-electron chi connectivity index (χ4n) is 1.45. The number of carbonyl (C=O) groups is 1. The first-order valence-corrected chi connectivity index (χ1v) is 5.54. The van der Waals surface area contributed by atoms with Crippen molar-refractivity contribution in [2.75, 3.05) is 33.7 Å². The molecule has 1 rings (SSSR count). The Morgan fingerprint density at radius 1 is 1.41 bits per heavy atom. The van der Waals surface area contributed by atoms with E-state index in [0.717, 1.165) is 13.1 Å². The molecule has 90 valence electrons. The summed E-state index contributed by atoms with van der Waals surface area (Å²) >= 11 is 0. The predicted molar refractivity (Wildman–Crippen MR) is 66.9 cm³/mol. The van der Waals surface area contributed by atoms with Crippen LogP contribution in [-0.2, 0) is 0 Å². The van der Waals surface area contributed by atoms with Crippen LogP contribution in [0.4, 0.5) is 0 Å². The summed E-state index contributed by atoms with van der Waals surface area (Å²) in [5, 5.41) is 11.7. The van der Waals surface area contributed by atoms with Gasteiger partial charge in [-0.25, -0.2) is 0 Å². The first kappa shape index (κ1) is 13.4. The number of Topliss-reactive ketones (excluding diaryl/α,β-unsaturated/α-hetero) is 1. The molecule has 0 fully saturated rings. The molecule has 4 nitrogen and oxygen atoms in total. The quantitative estimate of drug-likeness (QED) is 0.739. The molecule has 1 aromatic rings. The van der Waals surface area contributed by atoms with Gasteiger partial charge >= 0.3 is 0 Å². The number of likely N-dealkylation sites (N-methyl/N-ethyl adjacent to an activating group) is 2. The standard InChI is InChI=1S/C13H17N3O/c1-15-7-8-16(2)10-13(17)12-5-3-11(9-14)4-6-12/h3-6,15H,7-8,10H2,1-2H3. The Balaban J connectivity index is 2.54. The topological polar surface area (TPSA) is 56.1 Å². The summed E-state index contributed by atoms with van der Waals surface area (Å²) < 4.78 is 0. The Labute approximate surface area is 102 Å². The lowest BCUT2D eigenvalue weighted by Gasteiger charge is -2.15. The number of hydrogen-bond donors (Lipinski definition) is 1. The molecular formula is C13H17N3O. The van der Waals surface area contributed by atoms with Crippen LogP contribution >= 0.6 is 0 Å². The van der Waals surface area contributed by atoms with Crippen molar-refractivity contribution >= 4 is 5.78 Å². The molecule has 1 N–H and O–H groups in total. The van der Waals surface area contributed by atoms with Crippen LogP contribution in [0.5, 0.6) is 0 Å². The number of ketones is 1. The number of nitriles is 1. The van der Waals surface area contributed by atoms with Gasteiger partial charge in [-0.15, -0.1) is 0 Å². The minimum atomic E-state index is 0.0769. The number of benzene rings is 1. The fraction of sp³-hybridized carbons (Fsp3) is 0.385. The van der Waals surface area contributed by atoms with Crippen LogP contribution in [0.1, 0.15) is 15.9 Å². The molecule has 0 aliphatic carbocycles. The average Bonchev–Trinajstić information content (AvgIpc) is 2.36. The molecule has 4 heteroatoms.